The first-order chi connectivity index (χ1) is 13.6. The van der Waals surface area contributed by atoms with Gasteiger partial charge in [-0.3, -0.25) is 4.90 Å². The molecule has 28 heavy (non-hydrogen) atoms. The molecule has 2 N–H and O–H groups in total. The van der Waals surface area contributed by atoms with E-state index in [0.29, 0.717) is 31.0 Å². The van der Waals surface area contributed by atoms with Crippen LogP contribution in [0, 0.1) is 0 Å². The summed E-state index contributed by atoms with van der Waals surface area (Å²) in [5, 5.41) is 7.62. The molecule has 0 radical (unpaired) electrons. The van der Waals surface area contributed by atoms with Crippen molar-refractivity contribution in [1.29, 1.82) is 0 Å². The standard InChI is InChI=1S/C19H25N3O5S/c1-2-25-17(23)15-13(20-18(24)21-16(15)14-4-3-11-28-14)12-22-7-5-19(6-8-22)26-9-10-27-19/h3-4,11,16H,2,5-10,12H2,1H3,(H2,20,21,24)/t16-/m0/s1. The van der Waals surface area contributed by atoms with Crippen LogP contribution in [0.1, 0.15) is 30.7 Å². The summed E-state index contributed by atoms with van der Waals surface area (Å²) in [5.74, 6) is -0.856. The van der Waals surface area contributed by atoms with Crippen molar-refractivity contribution >= 4 is 23.3 Å². The number of amides is 2. The van der Waals surface area contributed by atoms with Gasteiger partial charge < -0.3 is 24.8 Å². The van der Waals surface area contributed by atoms with E-state index in [1.807, 2.05) is 17.5 Å². The third kappa shape index (κ3) is 3.93. The maximum Gasteiger partial charge on any atom is 0.338 e. The van der Waals surface area contributed by atoms with Crippen LogP contribution >= 0.6 is 11.3 Å². The third-order valence-electron chi connectivity index (χ3n) is 5.29. The van der Waals surface area contributed by atoms with Crippen molar-refractivity contribution in [2.75, 3.05) is 39.5 Å². The molecule has 0 aliphatic carbocycles. The van der Waals surface area contributed by atoms with E-state index in [0.717, 1.165) is 30.8 Å². The second kappa shape index (κ2) is 8.20. The van der Waals surface area contributed by atoms with Gasteiger partial charge in [-0.2, -0.15) is 0 Å². The van der Waals surface area contributed by atoms with Crippen LogP contribution in [0.3, 0.4) is 0 Å². The quantitative estimate of drug-likeness (QED) is 0.723. The second-order valence-corrected chi connectivity index (χ2v) is 8.02. The average molecular weight is 407 g/mol. The second-order valence-electron chi connectivity index (χ2n) is 7.04. The summed E-state index contributed by atoms with van der Waals surface area (Å²) in [6.07, 6.45) is 1.55. The highest BCUT2D eigenvalue weighted by molar-refractivity contribution is 7.10. The molecule has 0 unspecified atom stereocenters. The van der Waals surface area contributed by atoms with Gasteiger partial charge in [0.15, 0.2) is 5.79 Å². The molecular formula is C19H25N3O5S. The zero-order valence-electron chi connectivity index (χ0n) is 15.9. The van der Waals surface area contributed by atoms with Crippen molar-refractivity contribution in [3.63, 3.8) is 0 Å². The molecule has 1 spiro atoms. The van der Waals surface area contributed by atoms with E-state index in [1.165, 1.54) is 11.3 Å². The van der Waals surface area contributed by atoms with E-state index >= 15 is 0 Å². The number of urea groups is 1. The van der Waals surface area contributed by atoms with Gasteiger partial charge in [0.25, 0.3) is 0 Å². The first-order valence-corrected chi connectivity index (χ1v) is 10.5. The van der Waals surface area contributed by atoms with Gasteiger partial charge >= 0.3 is 12.0 Å². The van der Waals surface area contributed by atoms with Gasteiger partial charge in [0.2, 0.25) is 0 Å². The smallest absolute Gasteiger partial charge is 0.338 e. The van der Waals surface area contributed by atoms with Crippen LogP contribution in [0.4, 0.5) is 4.79 Å². The first-order valence-electron chi connectivity index (χ1n) is 9.61. The summed E-state index contributed by atoms with van der Waals surface area (Å²) in [5.41, 5.74) is 1.07. The fourth-order valence-corrected chi connectivity index (χ4v) is 4.71. The minimum absolute atomic E-state index is 0.279. The lowest BCUT2D eigenvalue weighted by Gasteiger charge is -2.38. The van der Waals surface area contributed by atoms with Gasteiger partial charge in [0, 0.05) is 43.1 Å². The zero-order valence-corrected chi connectivity index (χ0v) is 16.7. The Labute approximate surface area is 167 Å². The molecule has 4 heterocycles. The Morgan fingerprint density at radius 2 is 2.11 bits per heavy atom. The molecule has 8 nitrogen and oxygen atoms in total. The molecule has 1 aromatic rings. The van der Waals surface area contributed by atoms with Gasteiger partial charge in [-0.25, -0.2) is 9.59 Å². The van der Waals surface area contributed by atoms with E-state index in [-0.39, 0.29) is 12.6 Å². The molecule has 4 rings (SSSR count). The molecule has 0 bridgehead atoms. The number of nitrogens with one attached hydrogen (secondary N) is 2. The monoisotopic (exact) mass is 407 g/mol. The Kier molecular flexibility index (Phi) is 5.68. The van der Waals surface area contributed by atoms with E-state index < -0.39 is 17.8 Å². The van der Waals surface area contributed by atoms with E-state index in [9.17, 15) is 9.59 Å². The number of rotatable bonds is 5. The van der Waals surface area contributed by atoms with Crippen molar-refractivity contribution in [3.05, 3.63) is 33.7 Å². The van der Waals surface area contributed by atoms with Crippen molar-refractivity contribution < 1.29 is 23.8 Å². The number of likely N-dealkylation sites (tertiary alicyclic amines) is 1. The van der Waals surface area contributed by atoms with Gasteiger partial charge in [-0.05, 0) is 18.4 Å². The Morgan fingerprint density at radius 3 is 2.75 bits per heavy atom. The van der Waals surface area contributed by atoms with Crippen LogP contribution in [0.5, 0.6) is 0 Å². The lowest BCUT2D eigenvalue weighted by molar-refractivity contribution is -0.184. The summed E-state index contributed by atoms with van der Waals surface area (Å²) in [7, 11) is 0. The number of carbonyl (C=O) groups excluding carboxylic acids is 2. The van der Waals surface area contributed by atoms with Gasteiger partial charge in [-0.15, -0.1) is 11.3 Å². The summed E-state index contributed by atoms with van der Waals surface area (Å²) in [6, 6.07) is 3.01. The molecule has 3 aliphatic heterocycles. The zero-order chi connectivity index (χ0) is 19.6. The molecule has 2 fully saturated rings. The number of piperidine rings is 1. The lowest BCUT2D eigenvalue weighted by atomic mass is 9.99. The molecule has 9 heteroatoms. The highest BCUT2D eigenvalue weighted by atomic mass is 32.1. The molecule has 2 amide bonds. The summed E-state index contributed by atoms with van der Waals surface area (Å²) >= 11 is 1.50. The maximum atomic E-state index is 12.7. The maximum absolute atomic E-state index is 12.7. The highest BCUT2D eigenvalue weighted by Crippen LogP contribution is 2.33. The van der Waals surface area contributed by atoms with Crippen LogP contribution in [0.15, 0.2) is 28.8 Å². The molecule has 0 saturated carbocycles. The molecule has 0 aromatic carbocycles. The Bertz CT molecular complexity index is 748. The Morgan fingerprint density at radius 1 is 1.36 bits per heavy atom. The third-order valence-corrected chi connectivity index (χ3v) is 6.23. The predicted molar refractivity (Wildman–Crippen MR) is 103 cm³/mol. The average Bonchev–Trinajstić information content (AvgIpc) is 3.36. The number of hydrogen-bond acceptors (Lipinski definition) is 7. The molecule has 2 saturated heterocycles. The number of esters is 1. The fraction of sp³-hybridized carbons (Fsp3) is 0.579. The van der Waals surface area contributed by atoms with Crippen molar-refractivity contribution in [1.82, 2.24) is 15.5 Å². The minimum atomic E-state index is -0.500. The molecule has 152 valence electrons. The van der Waals surface area contributed by atoms with Gasteiger partial charge in [-0.1, -0.05) is 6.07 Å². The number of carbonyl (C=O) groups is 2. The summed E-state index contributed by atoms with van der Waals surface area (Å²) in [4.78, 5) is 28.1. The number of ether oxygens (including phenoxy) is 3. The van der Waals surface area contributed by atoms with Crippen molar-refractivity contribution in [2.45, 2.75) is 31.6 Å². The normalized spacial score (nSPS) is 24.9. The van der Waals surface area contributed by atoms with E-state index in [1.54, 1.807) is 6.92 Å². The Hall–Kier alpha value is -1.94. The lowest BCUT2D eigenvalue weighted by Crippen LogP contribution is -2.51. The first kappa shape index (κ1) is 19.4. The van der Waals surface area contributed by atoms with Crippen LogP contribution in [0.2, 0.25) is 0 Å². The number of thiophene rings is 1. The summed E-state index contributed by atoms with van der Waals surface area (Å²) in [6.45, 7) is 5.35. The molecule has 1 aromatic heterocycles. The van der Waals surface area contributed by atoms with Crippen LogP contribution < -0.4 is 10.6 Å². The van der Waals surface area contributed by atoms with Crippen LogP contribution in [-0.2, 0) is 19.0 Å². The van der Waals surface area contributed by atoms with Crippen LogP contribution in [-0.4, -0.2) is 62.1 Å². The minimum Gasteiger partial charge on any atom is -0.463 e. The Balaban J connectivity index is 1.56. The SMILES string of the molecule is CCOC(=O)C1=C(CN2CCC3(CC2)OCCO3)NC(=O)N[C@H]1c1cccs1. The number of nitrogens with zero attached hydrogens (tertiary/aromatic N) is 1. The van der Waals surface area contributed by atoms with Crippen molar-refractivity contribution in [2.24, 2.45) is 0 Å². The highest BCUT2D eigenvalue weighted by Gasteiger charge is 2.41. The van der Waals surface area contributed by atoms with Crippen LogP contribution in [0.25, 0.3) is 0 Å². The fourth-order valence-electron chi connectivity index (χ4n) is 3.92. The number of hydrogen-bond donors (Lipinski definition) is 2. The largest absolute Gasteiger partial charge is 0.463 e. The molecule has 3 aliphatic rings. The van der Waals surface area contributed by atoms with Crippen molar-refractivity contribution in [3.8, 4) is 0 Å². The molecular weight excluding hydrogens is 382 g/mol. The van der Waals surface area contributed by atoms with E-state index in [4.69, 9.17) is 14.2 Å². The molecule has 1 atom stereocenters. The van der Waals surface area contributed by atoms with Gasteiger partial charge in [0.05, 0.1) is 31.4 Å². The van der Waals surface area contributed by atoms with Gasteiger partial charge in [0.1, 0.15) is 0 Å². The van der Waals surface area contributed by atoms with E-state index in [2.05, 4.69) is 15.5 Å². The topological polar surface area (TPSA) is 89.1 Å². The summed E-state index contributed by atoms with van der Waals surface area (Å²) < 4.78 is 16.9. The predicted octanol–water partition coefficient (Wildman–Crippen LogP) is 1.76.